The fourth-order valence-corrected chi connectivity index (χ4v) is 5.96. The quantitative estimate of drug-likeness (QED) is 0.477. The minimum absolute atomic E-state index is 0.231. The zero-order valence-corrected chi connectivity index (χ0v) is 23.0. The molecule has 1 saturated carbocycles. The molecule has 1 aromatic rings. The average Bonchev–Trinajstić information content (AvgIpc) is 2.85. The Hall–Kier alpha value is -2.34. The fraction of sp³-hybridized carbons (Fsp3) is 0.667. The predicted octanol–water partition coefficient (Wildman–Crippen LogP) is 4.99. The van der Waals surface area contributed by atoms with E-state index in [1.165, 1.54) is 17.6 Å². The van der Waals surface area contributed by atoms with Gasteiger partial charge in [0.2, 0.25) is 5.91 Å². The maximum atomic E-state index is 13.4. The van der Waals surface area contributed by atoms with Crippen LogP contribution in [0.4, 0.5) is 4.79 Å². The van der Waals surface area contributed by atoms with Gasteiger partial charge in [0.1, 0.15) is 5.60 Å². The monoisotopic (exact) mass is 495 g/mol. The Kier molecular flexibility index (Phi) is 8.13. The molecule has 0 N–H and O–H groups in total. The van der Waals surface area contributed by atoms with Crippen molar-refractivity contribution in [3.05, 3.63) is 47.5 Å². The Labute approximate surface area is 217 Å². The maximum absolute atomic E-state index is 13.4. The van der Waals surface area contributed by atoms with Crippen molar-refractivity contribution in [2.75, 3.05) is 45.8 Å². The summed E-state index contributed by atoms with van der Waals surface area (Å²) in [5.74, 6) is 1.65. The van der Waals surface area contributed by atoms with E-state index in [0.717, 1.165) is 51.5 Å². The van der Waals surface area contributed by atoms with Crippen LogP contribution in [0.5, 0.6) is 0 Å². The molecule has 36 heavy (non-hydrogen) atoms. The molecule has 2 amide bonds. The zero-order chi connectivity index (χ0) is 25.9. The second kappa shape index (κ2) is 11.0. The molecule has 4 aliphatic rings. The lowest BCUT2D eigenvalue weighted by Crippen LogP contribution is -2.52. The topological polar surface area (TPSA) is 53.1 Å². The molecule has 1 heterocycles. The molecular formula is C30H45N3O3. The number of allylic oxidation sites excluding steroid dienone is 1. The van der Waals surface area contributed by atoms with Gasteiger partial charge in [-0.05, 0) is 62.8 Å². The summed E-state index contributed by atoms with van der Waals surface area (Å²) in [7, 11) is 0. The molecule has 6 heteroatoms. The highest BCUT2D eigenvalue weighted by molar-refractivity contribution is 5.76. The van der Waals surface area contributed by atoms with Crippen molar-refractivity contribution in [2.24, 2.45) is 17.3 Å². The van der Waals surface area contributed by atoms with E-state index < -0.39 is 5.60 Å². The third-order valence-electron chi connectivity index (χ3n) is 8.49. The highest BCUT2D eigenvalue weighted by atomic mass is 16.6. The number of aryl methyl sites for hydroxylation is 1. The molecule has 0 spiro atoms. The van der Waals surface area contributed by atoms with Crippen LogP contribution in [0.1, 0.15) is 59.4 Å². The summed E-state index contributed by atoms with van der Waals surface area (Å²) in [6.07, 6.45) is 5.93. The standard InChI is InChI=1S/C30H45N3O3/c1-29(2,3)36-28(35)32-18-15-31(16-19-32)17-20-33(27(34)14-11-23-9-7-6-8-10-23)22-24-12-13-25-21-26(24)30(25,4)5/h6-10,12,25-26H,11,13-22H2,1-5H3. The lowest BCUT2D eigenvalue weighted by Gasteiger charge is -2.57. The first-order valence-electron chi connectivity index (χ1n) is 13.7. The van der Waals surface area contributed by atoms with Crippen molar-refractivity contribution < 1.29 is 14.3 Å². The van der Waals surface area contributed by atoms with Gasteiger partial charge >= 0.3 is 6.09 Å². The van der Waals surface area contributed by atoms with E-state index in [9.17, 15) is 9.59 Å². The molecule has 2 fully saturated rings. The Morgan fingerprint density at radius 1 is 1.08 bits per heavy atom. The normalized spacial score (nSPS) is 23.5. The van der Waals surface area contributed by atoms with Gasteiger partial charge in [-0.25, -0.2) is 4.79 Å². The van der Waals surface area contributed by atoms with Gasteiger partial charge in [0.25, 0.3) is 0 Å². The number of nitrogens with zero attached hydrogens (tertiary/aromatic N) is 3. The van der Waals surface area contributed by atoms with Crippen molar-refractivity contribution >= 4 is 12.0 Å². The van der Waals surface area contributed by atoms with Crippen molar-refractivity contribution in [3.63, 3.8) is 0 Å². The van der Waals surface area contributed by atoms with Gasteiger partial charge in [-0.1, -0.05) is 55.8 Å². The first-order valence-corrected chi connectivity index (χ1v) is 13.7. The van der Waals surface area contributed by atoms with E-state index in [4.69, 9.17) is 4.74 Å². The lowest BCUT2D eigenvalue weighted by molar-refractivity contribution is -0.131. The third-order valence-corrected chi connectivity index (χ3v) is 8.49. The summed E-state index contributed by atoms with van der Waals surface area (Å²) in [5, 5.41) is 0. The van der Waals surface area contributed by atoms with Gasteiger partial charge in [0, 0.05) is 52.2 Å². The Balaban J connectivity index is 1.33. The van der Waals surface area contributed by atoms with Crippen LogP contribution in [0.25, 0.3) is 0 Å². The number of ether oxygens (including phenoxy) is 1. The summed E-state index contributed by atoms with van der Waals surface area (Å²) in [6, 6.07) is 10.3. The molecule has 1 aliphatic heterocycles. The molecule has 0 aromatic heterocycles. The van der Waals surface area contributed by atoms with Gasteiger partial charge in [0.15, 0.2) is 0 Å². The summed E-state index contributed by atoms with van der Waals surface area (Å²) in [6.45, 7) is 15.8. The summed E-state index contributed by atoms with van der Waals surface area (Å²) >= 11 is 0. The number of piperazine rings is 1. The summed E-state index contributed by atoms with van der Waals surface area (Å²) < 4.78 is 5.53. The van der Waals surface area contributed by atoms with E-state index >= 15 is 0 Å². The molecular weight excluding hydrogens is 450 g/mol. The molecule has 2 unspecified atom stereocenters. The molecule has 1 aromatic carbocycles. The zero-order valence-electron chi connectivity index (χ0n) is 23.0. The number of fused-ring (bicyclic) bond motifs is 1. The highest BCUT2D eigenvalue weighted by Crippen LogP contribution is 2.59. The average molecular weight is 496 g/mol. The molecule has 6 nitrogen and oxygen atoms in total. The van der Waals surface area contributed by atoms with E-state index in [2.05, 4.69) is 41.9 Å². The highest BCUT2D eigenvalue weighted by Gasteiger charge is 2.51. The molecule has 1 saturated heterocycles. The van der Waals surface area contributed by atoms with Gasteiger partial charge in [0.05, 0.1) is 0 Å². The lowest BCUT2D eigenvalue weighted by atomic mass is 9.49. The Morgan fingerprint density at radius 3 is 2.39 bits per heavy atom. The Bertz CT molecular complexity index is 942. The molecule has 5 rings (SSSR count). The first-order chi connectivity index (χ1) is 17.0. The third kappa shape index (κ3) is 6.50. The second-order valence-corrected chi connectivity index (χ2v) is 12.4. The minimum atomic E-state index is -0.475. The number of amides is 2. The number of carbonyl (C=O) groups excluding carboxylic acids is 2. The minimum Gasteiger partial charge on any atom is -0.444 e. The molecule has 3 aliphatic carbocycles. The van der Waals surface area contributed by atoms with Crippen molar-refractivity contribution in [1.82, 2.24) is 14.7 Å². The summed E-state index contributed by atoms with van der Waals surface area (Å²) in [5.41, 5.74) is 2.56. The largest absolute Gasteiger partial charge is 0.444 e. The molecule has 198 valence electrons. The first kappa shape index (κ1) is 26.7. The van der Waals surface area contributed by atoms with Crippen LogP contribution < -0.4 is 0 Å². The number of rotatable bonds is 8. The van der Waals surface area contributed by atoms with Gasteiger partial charge in [-0.3, -0.25) is 9.69 Å². The van der Waals surface area contributed by atoms with Crippen LogP contribution >= 0.6 is 0 Å². The molecule has 0 radical (unpaired) electrons. The van der Waals surface area contributed by atoms with E-state index in [-0.39, 0.29) is 12.0 Å². The van der Waals surface area contributed by atoms with Crippen LogP contribution in [-0.2, 0) is 16.0 Å². The SMILES string of the molecule is CC(C)(C)OC(=O)N1CCN(CCN(CC2=CCC3CC2C3(C)C)C(=O)CCc2ccccc2)CC1. The van der Waals surface area contributed by atoms with E-state index in [1.807, 2.05) is 39.0 Å². The predicted molar refractivity (Wildman–Crippen MR) is 144 cm³/mol. The van der Waals surface area contributed by atoms with Gasteiger partial charge in [-0.2, -0.15) is 0 Å². The van der Waals surface area contributed by atoms with Crippen LogP contribution in [-0.4, -0.2) is 78.1 Å². The van der Waals surface area contributed by atoms with Crippen molar-refractivity contribution in [2.45, 2.75) is 65.9 Å². The van der Waals surface area contributed by atoms with Crippen LogP contribution in [0.15, 0.2) is 42.0 Å². The number of hydrogen-bond acceptors (Lipinski definition) is 4. The molecule has 2 atom stereocenters. The smallest absolute Gasteiger partial charge is 0.410 e. The van der Waals surface area contributed by atoms with Crippen LogP contribution in [0.2, 0.25) is 0 Å². The van der Waals surface area contributed by atoms with Gasteiger partial charge in [-0.15, -0.1) is 0 Å². The van der Waals surface area contributed by atoms with Crippen LogP contribution in [0.3, 0.4) is 0 Å². The fourth-order valence-electron chi connectivity index (χ4n) is 5.96. The Morgan fingerprint density at radius 2 is 1.78 bits per heavy atom. The van der Waals surface area contributed by atoms with Crippen molar-refractivity contribution in [1.29, 1.82) is 0 Å². The number of benzene rings is 1. The van der Waals surface area contributed by atoms with Crippen molar-refractivity contribution in [3.8, 4) is 0 Å². The van der Waals surface area contributed by atoms with Gasteiger partial charge < -0.3 is 14.5 Å². The number of hydrogen-bond donors (Lipinski definition) is 0. The maximum Gasteiger partial charge on any atom is 0.410 e. The molecule has 2 bridgehead atoms. The second-order valence-electron chi connectivity index (χ2n) is 12.4. The van der Waals surface area contributed by atoms with E-state index in [1.54, 1.807) is 4.90 Å². The summed E-state index contributed by atoms with van der Waals surface area (Å²) in [4.78, 5) is 32.1. The van der Waals surface area contributed by atoms with E-state index in [0.29, 0.717) is 30.8 Å². The van der Waals surface area contributed by atoms with Crippen LogP contribution in [0, 0.1) is 17.3 Å². The number of carbonyl (C=O) groups is 2.